The Balaban J connectivity index is 1.67. The van der Waals surface area contributed by atoms with Gasteiger partial charge in [0.2, 0.25) is 0 Å². The molecule has 0 bridgehead atoms. The molecular formula is C21H19BrN6. The Bertz CT molecular complexity index is 1210. The molecule has 3 aromatic heterocycles. The van der Waals surface area contributed by atoms with Gasteiger partial charge in [-0.15, -0.1) is 0 Å². The van der Waals surface area contributed by atoms with Gasteiger partial charge in [-0.2, -0.15) is 9.61 Å². The van der Waals surface area contributed by atoms with E-state index in [1.807, 2.05) is 37.3 Å². The average molecular weight is 435 g/mol. The van der Waals surface area contributed by atoms with Gasteiger partial charge in [-0.25, -0.2) is 9.97 Å². The molecule has 0 spiro atoms. The summed E-state index contributed by atoms with van der Waals surface area (Å²) in [7, 11) is 0. The number of nitrogens with zero attached hydrogens (tertiary/aromatic N) is 4. The van der Waals surface area contributed by atoms with Crippen molar-refractivity contribution in [3.63, 3.8) is 0 Å². The largest absolute Gasteiger partial charge is 0.366 e. The lowest BCUT2D eigenvalue weighted by molar-refractivity contribution is 0.922. The van der Waals surface area contributed by atoms with Crippen molar-refractivity contribution in [3.8, 4) is 0 Å². The first kappa shape index (κ1) is 18.2. The van der Waals surface area contributed by atoms with Gasteiger partial charge >= 0.3 is 0 Å². The van der Waals surface area contributed by atoms with Crippen LogP contribution in [0.15, 0.2) is 72.1 Å². The van der Waals surface area contributed by atoms with Crippen LogP contribution in [0.2, 0.25) is 0 Å². The lowest BCUT2D eigenvalue weighted by Gasteiger charge is -2.11. The minimum atomic E-state index is 0.651. The third kappa shape index (κ3) is 3.61. The number of benzene rings is 1. The summed E-state index contributed by atoms with van der Waals surface area (Å²) in [5.41, 5.74) is 5.82. The van der Waals surface area contributed by atoms with Crippen LogP contribution in [0.25, 0.3) is 22.3 Å². The fourth-order valence-electron chi connectivity index (χ4n) is 2.91. The first-order valence-electron chi connectivity index (χ1n) is 8.82. The molecule has 6 nitrogen and oxygen atoms in total. The number of rotatable bonds is 6. The van der Waals surface area contributed by atoms with Crippen LogP contribution in [-0.2, 0) is 6.54 Å². The summed E-state index contributed by atoms with van der Waals surface area (Å²) < 4.78 is 2.65. The SMILES string of the molecule is C=C/C=C\C=C(/C)c1cc(NCc2ccc3[nH]cnc3c2)n2ncc(Br)c2n1. The van der Waals surface area contributed by atoms with E-state index in [0.717, 1.165) is 43.8 Å². The van der Waals surface area contributed by atoms with E-state index in [9.17, 15) is 0 Å². The van der Waals surface area contributed by atoms with Gasteiger partial charge in [-0.05, 0) is 46.1 Å². The molecule has 0 aliphatic rings. The fraction of sp³-hybridized carbons (Fsp3) is 0.0952. The van der Waals surface area contributed by atoms with E-state index >= 15 is 0 Å². The number of hydrogen-bond donors (Lipinski definition) is 2. The van der Waals surface area contributed by atoms with Crippen molar-refractivity contribution in [2.24, 2.45) is 0 Å². The quantitative estimate of drug-likeness (QED) is 0.412. The molecule has 1 aromatic carbocycles. The van der Waals surface area contributed by atoms with E-state index in [1.165, 1.54) is 0 Å². The van der Waals surface area contributed by atoms with Crippen LogP contribution in [0, 0.1) is 0 Å². The van der Waals surface area contributed by atoms with Crippen molar-refractivity contribution in [1.82, 2.24) is 24.6 Å². The van der Waals surface area contributed by atoms with Gasteiger partial charge in [-0.1, -0.05) is 36.9 Å². The Morgan fingerprint density at radius 3 is 3.07 bits per heavy atom. The molecule has 0 unspecified atom stereocenters. The Morgan fingerprint density at radius 1 is 1.32 bits per heavy atom. The number of allylic oxidation sites excluding steroid dienone is 5. The maximum atomic E-state index is 4.73. The third-order valence-electron chi connectivity index (χ3n) is 4.39. The standard InChI is InChI=1S/C21H19BrN6/c1-3-4-5-6-14(2)18-10-20(28-21(27-18)16(22)12-26-28)23-11-15-7-8-17-19(9-15)25-13-24-17/h3-10,12-13,23H,1,11H2,2H3,(H,24,25)/b5-4-,14-6+. The minimum absolute atomic E-state index is 0.651. The summed E-state index contributed by atoms with van der Waals surface area (Å²) in [5, 5.41) is 7.91. The first-order valence-corrected chi connectivity index (χ1v) is 9.61. The van der Waals surface area contributed by atoms with Crippen molar-refractivity contribution in [2.45, 2.75) is 13.5 Å². The van der Waals surface area contributed by atoms with Crippen LogP contribution in [0.3, 0.4) is 0 Å². The summed E-state index contributed by atoms with van der Waals surface area (Å²) >= 11 is 3.53. The number of H-pyrrole nitrogens is 1. The second-order valence-electron chi connectivity index (χ2n) is 6.33. The van der Waals surface area contributed by atoms with Gasteiger partial charge in [-0.3, -0.25) is 0 Å². The number of halogens is 1. The molecule has 3 heterocycles. The van der Waals surface area contributed by atoms with Crippen molar-refractivity contribution in [3.05, 3.63) is 83.4 Å². The number of aromatic amines is 1. The van der Waals surface area contributed by atoms with Crippen LogP contribution in [-0.4, -0.2) is 24.6 Å². The summed E-state index contributed by atoms with van der Waals surface area (Å²) in [6, 6.07) is 8.20. The molecule has 4 rings (SSSR count). The smallest absolute Gasteiger partial charge is 0.172 e. The molecule has 0 saturated carbocycles. The molecule has 2 N–H and O–H groups in total. The van der Waals surface area contributed by atoms with E-state index in [-0.39, 0.29) is 0 Å². The molecule has 140 valence electrons. The van der Waals surface area contributed by atoms with Crippen LogP contribution in [0.4, 0.5) is 5.82 Å². The van der Waals surface area contributed by atoms with Crippen LogP contribution >= 0.6 is 15.9 Å². The number of imidazole rings is 1. The topological polar surface area (TPSA) is 70.9 Å². The molecule has 0 radical (unpaired) electrons. The molecule has 7 heteroatoms. The highest BCUT2D eigenvalue weighted by atomic mass is 79.9. The minimum Gasteiger partial charge on any atom is -0.366 e. The van der Waals surface area contributed by atoms with Gasteiger partial charge < -0.3 is 10.3 Å². The van der Waals surface area contributed by atoms with Crippen molar-refractivity contribution in [1.29, 1.82) is 0 Å². The molecule has 0 aliphatic carbocycles. The van der Waals surface area contributed by atoms with Crippen molar-refractivity contribution < 1.29 is 0 Å². The van der Waals surface area contributed by atoms with E-state index < -0.39 is 0 Å². The highest BCUT2D eigenvalue weighted by Gasteiger charge is 2.11. The highest BCUT2D eigenvalue weighted by molar-refractivity contribution is 9.10. The van der Waals surface area contributed by atoms with E-state index in [4.69, 9.17) is 4.98 Å². The van der Waals surface area contributed by atoms with Gasteiger partial charge in [0.25, 0.3) is 0 Å². The molecule has 0 aliphatic heterocycles. The van der Waals surface area contributed by atoms with Gasteiger partial charge in [0.05, 0.1) is 33.7 Å². The zero-order valence-corrected chi connectivity index (χ0v) is 16.9. The molecule has 0 fully saturated rings. The molecule has 28 heavy (non-hydrogen) atoms. The Labute approximate surface area is 170 Å². The van der Waals surface area contributed by atoms with Crippen LogP contribution in [0.1, 0.15) is 18.2 Å². The molecule has 0 atom stereocenters. The Morgan fingerprint density at radius 2 is 2.21 bits per heavy atom. The first-order chi connectivity index (χ1) is 13.7. The van der Waals surface area contributed by atoms with Crippen LogP contribution in [0.5, 0.6) is 0 Å². The summed E-state index contributed by atoms with van der Waals surface area (Å²) in [5.74, 6) is 0.869. The fourth-order valence-corrected chi connectivity index (χ4v) is 3.26. The second kappa shape index (κ2) is 7.82. The summed E-state index contributed by atoms with van der Waals surface area (Å²) in [6.07, 6.45) is 11.1. The zero-order chi connectivity index (χ0) is 19.5. The monoisotopic (exact) mass is 434 g/mol. The predicted octanol–water partition coefficient (Wildman–Crippen LogP) is 5.13. The molecular weight excluding hydrogens is 416 g/mol. The van der Waals surface area contributed by atoms with Crippen molar-refractivity contribution in [2.75, 3.05) is 5.32 Å². The highest BCUT2D eigenvalue weighted by Crippen LogP contribution is 2.24. The Kier molecular flexibility index (Phi) is 5.08. The third-order valence-corrected chi connectivity index (χ3v) is 4.95. The van der Waals surface area contributed by atoms with Gasteiger partial charge in [0.1, 0.15) is 5.82 Å². The average Bonchev–Trinajstić information content (AvgIpc) is 3.32. The number of fused-ring (bicyclic) bond motifs is 2. The van der Waals surface area contributed by atoms with E-state index in [0.29, 0.717) is 6.54 Å². The van der Waals surface area contributed by atoms with Crippen molar-refractivity contribution >= 4 is 44.0 Å². The zero-order valence-electron chi connectivity index (χ0n) is 15.4. The van der Waals surface area contributed by atoms with E-state index in [1.54, 1.807) is 23.1 Å². The second-order valence-corrected chi connectivity index (χ2v) is 7.19. The van der Waals surface area contributed by atoms with E-state index in [2.05, 4.69) is 55.0 Å². The summed E-state index contributed by atoms with van der Waals surface area (Å²) in [6.45, 7) is 6.38. The lowest BCUT2D eigenvalue weighted by Crippen LogP contribution is -2.07. The number of anilines is 1. The van der Waals surface area contributed by atoms with Crippen LogP contribution < -0.4 is 5.32 Å². The number of nitrogens with one attached hydrogen (secondary N) is 2. The Hall–Kier alpha value is -3.19. The molecule has 0 saturated heterocycles. The lowest BCUT2D eigenvalue weighted by atomic mass is 10.1. The number of hydrogen-bond acceptors (Lipinski definition) is 4. The molecule has 0 amide bonds. The van der Waals surface area contributed by atoms with Gasteiger partial charge in [0.15, 0.2) is 5.65 Å². The normalized spacial score (nSPS) is 12.3. The maximum Gasteiger partial charge on any atom is 0.172 e. The predicted molar refractivity (Wildman–Crippen MR) is 117 cm³/mol. The van der Waals surface area contributed by atoms with Gasteiger partial charge in [0, 0.05) is 12.6 Å². The summed E-state index contributed by atoms with van der Waals surface area (Å²) in [4.78, 5) is 12.2. The molecule has 4 aromatic rings. The number of aromatic nitrogens is 5. The maximum absolute atomic E-state index is 4.73.